The maximum absolute atomic E-state index is 5.71. The number of hydrogen-bond donors (Lipinski definition) is 1. The zero-order valence-electron chi connectivity index (χ0n) is 12.5. The van der Waals surface area contributed by atoms with Crippen LogP contribution in [0.2, 0.25) is 0 Å². The molecule has 20 heavy (non-hydrogen) atoms. The maximum atomic E-state index is 5.71. The van der Waals surface area contributed by atoms with E-state index in [1.807, 2.05) is 0 Å². The summed E-state index contributed by atoms with van der Waals surface area (Å²) in [5.41, 5.74) is 2.81. The van der Waals surface area contributed by atoms with Crippen molar-refractivity contribution in [1.29, 1.82) is 0 Å². The fourth-order valence-electron chi connectivity index (χ4n) is 2.90. The first-order valence-corrected chi connectivity index (χ1v) is 7.91. The molecule has 3 rings (SSSR count). The molecule has 2 aliphatic rings. The lowest BCUT2D eigenvalue weighted by Gasteiger charge is -2.20. The molecule has 1 aliphatic heterocycles. The van der Waals surface area contributed by atoms with Crippen LogP contribution >= 0.6 is 0 Å². The van der Waals surface area contributed by atoms with Crippen LogP contribution in [0.4, 0.5) is 0 Å². The number of benzene rings is 1. The van der Waals surface area contributed by atoms with Crippen LogP contribution in [0.1, 0.15) is 36.8 Å². The monoisotopic (exact) mass is 274 g/mol. The fourth-order valence-corrected chi connectivity index (χ4v) is 2.90. The van der Waals surface area contributed by atoms with Crippen molar-refractivity contribution in [1.82, 2.24) is 10.2 Å². The lowest BCUT2D eigenvalue weighted by molar-refractivity contribution is 0.0793. The molecular weight excluding hydrogens is 248 g/mol. The number of rotatable bonds is 7. The van der Waals surface area contributed by atoms with Gasteiger partial charge in [-0.25, -0.2) is 0 Å². The summed E-state index contributed by atoms with van der Waals surface area (Å²) in [5.74, 6) is 0. The Labute approximate surface area is 122 Å². The van der Waals surface area contributed by atoms with Crippen LogP contribution in [0, 0.1) is 0 Å². The first-order chi connectivity index (χ1) is 9.79. The minimum Gasteiger partial charge on any atom is -0.377 e. The Morgan fingerprint density at radius 2 is 2.10 bits per heavy atom. The second-order valence-corrected chi connectivity index (χ2v) is 6.31. The van der Waals surface area contributed by atoms with Gasteiger partial charge in [0.1, 0.15) is 0 Å². The SMILES string of the molecule is CN(Cc1cccc(CNC2CC2)c1)CC1CCCO1. The molecule has 1 heterocycles. The van der Waals surface area contributed by atoms with Gasteiger partial charge in [-0.1, -0.05) is 24.3 Å². The topological polar surface area (TPSA) is 24.5 Å². The lowest BCUT2D eigenvalue weighted by Crippen LogP contribution is -2.28. The van der Waals surface area contributed by atoms with Gasteiger partial charge in [0.25, 0.3) is 0 Å². The summed E-state index contributed by atoms with van der Waals surface area (Å²) in [5, 5.41) is 3.58. The Morgan fingerprint density at radius 1 is 1.25 bits per heavy atom. The van der Waals surface area contributed by atoms with Crippen molar-refractivity contribution in [2.45, 2.75) is 50.9 Å². The minimum absolute atomic E-state index is 0.444. The molecule has 1 N–H and O–H groups in total. The third-order valence-electron chi connectivity index (χ3n) is 4.16. The first-order valence-electron chi connectivity index (χ1n) is 7.91. The summed E-state index contributed by atoms with van der Waals surface area (Å²) in [4.78, 5) is 2.38. The summed E-state index contributed by atoms with van der Waals surface area (Å²) in [7, 11) is 2.19. The Balaban J connectivity index is 1.48. The van der Waals surface area contributed by atoms with Gasteiger partial charge in [-0.2, -0.15) is 0 Å². The van der Waals surface area contributed by atoms with E-state index in [0.29, 0.717) is 6.10 Å². The third kappa shape index (κ3) is 4.30. The summed E-state index contributed by atoms with van der Waals surface area (Å²) in [6.07, 6.45) is 5.59. The second kappa shape index (κ2) is 6.70. The number of hydrogen-bond acceptors (Lipinski definition) is 3. The highest BCUT2D eigenvalue weighted by molar-refractivity contribution is 5.23. The Hall–Kier alpha value is -0.900. The first kappa shape index (κ1) is 14.1. The molecule has 3 nitrogen and oxygen atoms in total. The highest BCUT2D eigenvalue weighted by atomic mass is 16.5. The summed E-state index contributed by atoms with van der Waals surface area (Å²) in [6, 6.07) is 9.74. The lowest BCUT2D eigenvalue weighted by atomic mass is 10.1. The van der Waals surface area contributed by atoms with Crippen molar-refractivity contribution in [3.8, 4) is 0 Å². The molecule has 1 saturated carbocycles. The second-order valence-electron chi connectivity index (χ2n) is 6.31. The van der Waals surface area contributed by atoms with Crippen LogP contribution in [-0.2, 0) is 17.8 Å². The zero-order chi connectivity index (χ0) is 13.8. The van der Waals surface area contributed by atoms with E-state index in [0.717, 1.165) is 32.3 Å². The van der Waals surface area contributed by atoms with E-state index in [4.69, 9.17) is 4.74 Å². The predicted octanol–water partition coefficient (Wildman–Crippen LogP) is 2.55. The Bertz CT molecular complexity index is 425. The van der Waals surface area contributed by atoms with Gasteiger partial charge in [-0.05, 0) is 43.9 Å². The van der Waals surface area contributed by atoms with E-state index < -0.39 is 0 Å². The van der Waals surface area contributed by atoms with E-state index in [2.05, 4.69) is 41.5 Å². The molecule has 0 bridgehead atoms. The van der Waals surface area contributed by atoms with E-state index >= 15 is 0 Å². The number of ether oxygens (including phenoxy) is 1. The van der Waals surface area contributed by atoms with Crippen molar-refractivity contribution in [3.63, 3.8) is 0 Å². The van der Waals surface area contributed by atoms with Crippen molar-refractivity contribution in [2.24, 2.45) is 0 Å². The molecule has 3 heteroatoms. The van der Waals surface area contributed by atoms with Crippen molar-refractivity contribution in [2.75, 3.05) is 20.2 Å². The van der Waals surface area contributed by atoms with Gasteiger partial charge in [0.15, 0.2) is 0 Å². The summed E-state index contributed by atoms with van der Waals surface area (Å²) < 4.78 is 5.71. The van der Waals surface area contributed by atoms with Gasteiger partial charge < -0.3 is 10.1 Å². The largest absolute Gasteiger partial charge is 0.377 e. The molecule has 1 atom stereocenters. The molecule has 0 radical (unpaired) electrons. The maximum Gasteiger partial charge on any atom is 0.0702 e. The van der Waals surface area contributed by atoms with Gasteiger partial charge in [-0.15, -0.1) is 0 Å². The highest BCUT2D eigenvalue weighted by Gasteiger charge is 2.20. The number of nitrogens with zero attached hydrogens (tertiary/aromatic N) is 1. The molecule has 0 amide bonds. The molecule has 1 saturated heterocycles. The molecule has 0 spiro atoms. The van der Waals surface area contributed by atoms with Crippen LogP contribution < -0.4 is 5.32 Å². The van der Waals surface area contributed by atoms with E-state index in [-0.39, 0.29) is 0 Å². The average molecular weight is 274 g/mol. The molecule has 1 aliphatic carbocycles. The summed E-state index contributed by atoms with van der Waals surface area (Å²) in [6.45, 7) is 4.01. The van der Waals surface area contributed by atoms with Gasteiger partial charge in [-0.3, -0.25) is 4.90 Å². The van der Waals surface area contributed by atoms with Crippen LogP contribution in [0.3, 0.4) is 0 Å². The van der Waals surface area contributed by atoms with Gasteiger partial charge >= 0.3 is 0 Å². The van der Waals surface area contributed by atoms with Crippen molar-refractivity contribution in [3.05, 3.63) is 35.4 Å². The summed E-state index contributed by atoms with van der Waals surface area (Å²) >= 11 is 0. The van der Waals surface area contributed by atoms with Crippen LogP contribution in [0.15, 0.2) is 24.3 Å². The quantitative estimate of drug-likeness (QED) is 0.827. The number of nitrogens with one attached hydrogen (secondary N) is 1. The third-order valence-corrected chi connectivity index (χ3v) is 4.16. The van der Waals surface area contributed by atoms with E-state index in [9.17, 15) is 0 Å². The fraction of sp³-hybridized carbons (Fsp3) is 0.647. The Morgan fingerprint density at radius 3 is 2.85 bits per heavy atom. The van der Waals surface area contributed by atoms with E-state index in [1.54, 1.807) is 0 Å². The smallest absolute Gasteiger partial charge is 0.0702 e. The molecule has 2 fully saturated rings. The standard InChI is InChI=1S/C17H26N2O/c1-19(13-17-6-3-9-20-17)12-15-5-2-4-14(10-15)11-18-16-7-8-16/h2,4-5,10,16-18H,3,6-9,11-13H2,1H3. The zero-order valence-corrected chi connectivity index (χ0v) is 12.5. The average Bonchev–Trinajstić information content (AvgIpc) is 3.14. The Kier molecular flexibility index (Phi) is 4.71. The molecule has 1 aromatic carbocycles. The predicted molar refractivity (Wildman–Crippen MR) is 81.6 cm³/mol. The van der Waals surface area contributed by atoms with E-state index in [1.165, 1.54) is 36.8 Å². The normalized spacial score (nSPS) is 22.6. The molecule has 110 valence electrons. The molecule has 1 unspecified atom stereocenters. The minimum atomic E-state index is 0.444. The van der Waals surface area contributed by atoms with Crippen LogP contribution in [0.25, 0.3) is 0 Å². The molecule has 1 aromatic rings. The molecule has 0 aromatic heterocycles. The molecular formula is C17H26N2O. The van der Waals surface area contributed by atoms with Gasteiger partial charge in [0, 0.05) is 32.3 Å². The number of likely N-dealkylation sites (N-methyl/N-ethyl adjacent to an activating group) is 1. The van der Waals surface area contributed by atoms with Crippen molar-refractivity contribution < 1.29 is 4.74 Å². The van der Waals surface area contributed by atoms with Crippen LogP contribution in [-0.4, -0.2) is 37.2 Å². The van der Waals surface area contributed by atoms with Gasteiger partial charge in [0.2, 0.25) is 0 Å². The highest BCUT2D eigenvalue weighted by Crippen LogP contribution is 2.19. The van der Waals surface area contributed by atoms with Crippen molar-refractivity contribution >= 4 is 0 Å². The van der Waals surface area contributed by atoms with Gasteiger partial charge in [0.05, 0.1) is 6.10 Å². The van der Waals surface area contributed by atoms with Crippen LogP contribution in [0.5, 0.6) is 0 Å².